The number of nitrogens with zero attached hydrogens (tertiary/aromatic N) is 1. The quantitative estimate of drug-likeness (QED) is 0.694. The van der Waals surface area contributed by atoms with Gasteiger partial charge >= 0.3 is 0 Å². The number of amides is 2. The Balaban J connectivity index is 1.64. The van der Waals surface area contributed by atoms with Crippen LogP contribution < -0.4 is 10.1 Å². The SMILES string of the molecule is CCCNC(=O)C(CC)Oc1ccc2c(c1)C(c1ccccc1)N(C(=O)C1CC1)CC2. The molecule has 1 N–H and O–H groups in total. The van der Waals surface area contributed by atoms with Crippen molar-refractivity contribution in [1.29, 1.82) is 0 Å². The highest BCUT2D eigenvalue weighted by molar-refractivity contribution is 5.82. The van der Waals surface area contributed by atoms with Crippen molar-refractivity contribution in [2.45, 2.75) is 58.1 Å². The largest absolute Gasteiger partial charge is 0.481 e. The summed E-state index contributed by atoms with van der Waals surface area (Å²) in [6.45, 7) is 5.37. The zero-order valence-electron chi connectivity index (χ0n) is 18.5. The Morgan fingerprint density at radius 3 is 2.58 bits per heavy atom. The molecule has 5 nitrogen and oxygen atoms in total. The first-order valence-electron chi connectivity index (χ1n) is 11.5. The molecule has 0 radical (unpaired) electrons. The molecule has 2 aliphatic rings. The predicted molar refractivity (Wildman–Crippen MR) is 121 cm³/mol. The molecule has 1 aliphatic carbocycles. The minimum atomic E-state index is -0.521. The standard InChI is InChI=1S/C26H32N2O3/c1-3-15-27-25(29)23(4-2)31-21-13-12-18-14-16-28(26(30)20-10-11-20)24(22(18)17-21)19-8-6-5-7-9-19/h5-9,12-13,17,20,23-24H,3-4,10-11,14-16H2,1-2H3,(H,27,29). The maximum Gasteiger partial charge on any atom is 0.261 e. The van der Waals surface area contributed by atoms with Gasteiger partial charge in [-0.25, -0.2) is 0 Å². The number of nitrogens with one attached hydrogen (secondary N) is 1. The maximum atomic E-state index is 13.1. The molecule has 0 saturated heterocycles. The Labute approximate surface area is 184 Å². The lowest BCUT2D eigenvalue weighted by Gasteiger charge is -2.38. The molecular weight excluding hydrogens is 388 g/mol. The van der Waals surface area contributed by atoms with Gasteiger partial charge in [-0.3, -0.25) is 9.59 Å². The number of fused-ring (bicyclic) bond motifs is 1. The molecule has 0 aromatic heterocycles. The second-order valence-corrected chi connectivity index (χ2v) is 8.54. The number of carbonyl (C=O) groups is 2. The van der Waals surface area contributed by atoms with E-state index in [9.17, 15) is 9.59 Å². The normalized spacial score (nSPS) is 18.8. The van der Waals surface area contributed by atoms with Crippen LogP contribution in [0.25, 0.3) is 0 Å². The Hall–Kier alpha value is -2.82. The first kappa shape index (κ1) is 21.4. The molecule has 2 amide bonds. The van der Waals surface area contributed by atoms with E-state index in [1.54, 1.807) is 0 Å². The van der Waals surface area contributed by atoms with Crippen molar-refractivity contribution in [1.82, 2.24) is 10.2 Å². The molecule has 2 atom stereocenters. The fourth-order valence-corrected chi connectivity index (χ4v) is 4.31. The van der Waals surface area contributed by atoms with Crippen LogP contribution in [0.1, 0.15) is 62.3 Å². The summed E-state index contributed by atoms with van der Waals surface area (Å²) in [6, 6.07) is 16.2. The summed E-state index contributed by atoms with van der Waals surface area (Å²) in [7, 11) is 0. The number of hydrogen-bond donors (Lipinski definition) is 1. The van der Waals surface area contributed by atoms with E-state index in [1.807, 2.05) is 49.1 Å². The van der Waals surface area contributed by atoms with Gasteiger partial charge in [0, 0.05) is 19.0 Å². The summed E-state index contributed by atoms with van der Waals surface area (Å²) in [5.74, 6) is 1.04. The average Bonchev–Trinajstić information content (AvgIpc) is 3.65. The molecule has 0 bridgehead atoms. The van der Waals surface area contributed by atoms with Crippen LogP contribution in [0.2, 0.25) is 0 Å². The first-order valence-corrected chi connectivity index (χ1v) is 11.5. The Morgan fingerprint density at radius 2 is 1.90 bits per heavy atom. The van der Waals surface area contributed by atoms with Gasteiger partial charge in [-0.15, -0.1) is 0 Å². The van der Waals surface area contributed by atoms with Crippen molar-refractivity contribution in [3.05, 3.63) is 65.2 Å². The van der Waals surface area contributed by atoms with Gasteiger partial charge in [-0.1, -0.05) is 50.2 Å². The summed E-state index contributed by atoms with van der Waals surface area (Å²) in [5.41, 5.74) is 3.46. The summed E-state index contributed by atoms with van der Waals surface area (Å²) in [6.07, 6.45) is 3.81. The molecule has 1 saturated carbocycles. The van der Waals surface area contributed by atoms with Gasteiger partial charge in [0.05, 0.1) is 6.04 Å². The third-order valence-corrected chi connectivity index (χ3v) is 6.16. The highest BCUT2D eigenvalue weighted by atomic mass is 16.5. The van der Waals surface area contributed by atoms with Crippen molar-refractivity contribution >= 4 is 11.8 Å². The molecule has 164 valence electrons. The molecule has 4 rings (SSSR count). The van der Waals surface area contributed by atoms with E-state index >= 15 is 0 Å². The fraction of sp³-hybridized carbons (Fsp3) is 0.462. The monoisotopic (exact) mass is 420 g/mol. The van der Waals surface area contributed by atoms with Gasteiger partial charge in [0.15, 0.2) is 6.10 Å². The third kappa shape index (κ3) is 4.76. The van der Waals surface area contributed by atoms with E-state index in [4.69, 9.17) is 4.74 Å². The van der Waals surface area contributed by atoms with E-state index < -0.39 is 6.10 Å². The van der Waals surface area contributed by atoms with Crippen LogP contribution in [-0.4, -0.2) is 35.9 Å². The third-order valence-electron chi connectivity index (χ3n) is 6.16. The molecule has 2 aromatic carbocycles. The van der Waals surface area contributed by atoms with Gasteiger partial charge in [0.25, 0.3) is 5.91 Å². The first-order chi connectivity index (χ1) is 15.1. The minimum absolute atomic E-state index is 0.0767. The smallest absolute Gasteiger partial charge is 0.261 e. The van der Waals surface area contributed by atoms with E-state index in [2.05, 4.69) is 23.5 Å². The molecule has 2 aromatic rings. The minimum Gasteiger partial charge on any atom is -0.481 e. The lowest BCUT2D eigenvalue weighted by atomic mass is 9.87. The maximum absolute atomic E-state index is 13.1. The lowest BCUT2D eigenvalue weighted by molar-refractivity contribution is -0.134. The Kier molecular flexibility index (Phi) is 6.59. The second-order valence-electron chi connectivity index (χ2n) is 8.54. The Bertz CT molecular complexity index is 924. The Morgan fingerprint density at radius 1 is 1.13 bits per heavy atom. The van der Waals surface area contributed by atoms with Crippen molar-refractivity contribution in [3.63, 3.8) is 0 Å². The van der Waals surface area contributed by atoms with Crippen molar-refractivity contribution in [2.24, 2.45) is 5.92 Å². The summed E-state index contributed by atoms with van der Waals surface area (Å²) < 4.78 is 6.11. The molecular formula is C26H32N2O3. The molecule has 1 aliphatic heterocycles. The summed E-state index contributed by atoms with van der Waals surface area (Å²) in [4.78, 5) is 27.6. The zero-order valence-corrected chi connectivity index (χ0v) is 18.5. The van der Waals surface area contributed by atoms with Crippen LogP contribution in [0, 0.1) is 5.92 Å². The van der Waals surface area contributed by atoms with E-state index in [-0.39, 0.29) is 23.8 Å². The van der Waals surface area contributed by atoms with Gasteiger partial charge in [-0.2, -0.15) is 0 Å². The van der Waals surface area contributed by atoms with E-state index in [0.717, 1.165) is 43.4 Å². The topological polar surface area (TPSA) is 58.6 Å². The van der Waals surface area contributed by atoms with Crippen molar-refractivity contribution in [3.8, 4) is 5.75 Å². The van der Waals surface area contributed by atoms with Crippen LogP contribution in [0.4, 0.5) is 0 Å². The van der Waals surface area contributed by atoms with Crippen LogP contribution >= 0.6 is 0 Å². The fourth-order valence-electron chi connectivity index (χ4n) is 4.31. The molecule has 2 unspecified atom stereocenters. The van der Waals surface area contributed by atoms with E-state index in [0.29, 0.717) is 18.7 Å². The van der Waals surface area contributed by atoms with Crippen molar-refractivity contribution < 1.29 is 14.3 Å². The van der Waals surface area contributed by atoms with Gasteiger partial charge in [0.2, 0.25) is 5.91 Å². The number of hydrogen-bond acceptors (Lipinski definition) is 3. The molecule has 0 spiro atoms. The van der Waals surface area contributed by atoms with Crippen molar-refractivity contribution in [2.75, 3.05) is 13.1 Å². The van der Waals surface area contributed by atoms with E-state index in [1.165, 1.54) is 5.56 Å². The number of rotatable bonds is 8. The summed E-state index contributed by atoms with van der Waals surface area (Å²) in [5, 5.41) is 2.93. The predicted octanol–water partition coefficient (Wildman–Crippen LogP) is 4.25. The highest BCUT2D eigenvalue weighted by Crippen LogP contribution is 2.41. The molecule has 5 heteroatoms. The van der Waals surface area contributed by atoms with Crippen LogP contribution in [0.15, 0.2) is 48.5 Å². The highest BCUT2D eigenvalue weighted by Gasteiger charge is 2.39. The summed E-state index contributed by atoms with van der Waals surface area (Å²) >= 11 is 0. The average molecular weight is 421 g/mol. The number of carbonyl (C=O) groups excluding carboxylic acids is 2. The molecule has 31 heavy (non-hydrogen) atoms. The number of benzene rings is 2. The zero-order chi connectivity index (χ0) is 21.8. The second kappa shape index (κ2) is 9.54. The van der Waals surface area contributed by atoms with Gasteiger partial charge in [0.1, 0.15) is 5.75 Å². The van der Waals surface area contributed by atoms with Crippen LogP contribution in [0.3, 0.4) is 0 Å². The lowest BCUT2D eigenvalue weighted by Crippen LogP contribution is -2.41. The van der Waals surface area contributed by atoms with Crippen LogP contribution in [-0.2, 0) is 16.0 Å². The van der Waals surface area contributed by atoms with Crippen LogP contribution in [0.5, 0.6) is 5.75 Å². The molecule has 1 fully saturated rings. The van der Waals surface area contributed by atoms with Gasteiger partial charge in [-0.05, 0) is 60.9 Å². The number of ether oxygens (including phenoxy) is 1. The molecule has 1 heterocycles. The van der Waals surface area contributed by atoms with Gasteiger partial charge < -0.3 is 15.0 Å².